The Kier molecular flexibility index (Phi) is 4.37. The fourth-order valence-corrected chi connectivity index (χ4v) is 4.09. The molecule has 2 bridgehead atoms. The Morgan fingerprint density at radius 3 is 2.64 bits per heavy atom. The van der Waals surface area contributed by atoms with Gasteiger partial charge in [0, 0.05) is 11.3 Å². The molecule has 1 saturated heterocycles. The van der Waals surface area contributed by atoms with Crippen LogP contribution in [0.5, 0.6) is 11.5 Å². The number of nitrogens with zero attached hydrogens (tertiary/aromatic N) is 1. The number of amides is 2. The van der Waals surface area contributed by atoms with E-state index in [4.69, 9.17) is 14.2 Å². The molecule has 4 rings (SSSR count). The molecule has 7 nitrogen and oxygen atoms in total. The zero-order valence-corrected chi connectivity index (χ0v) is 16.0. The summed E-state index contributed by atoms with van der Waals surface area (Å²) in [7, 11) is 1.56. The molecule has 28 heavy (non-hydrogen) atoms. The highest BCUT2D eigenvalue weighted by molar-refractivity contribution is 5.97. The van der Waals surface area contributed by atoms with E-state index in [0.29, 0.717) is 22.7 Å². The number of benzene rings is 2. The third kappa shape index (κ3) is 2.58. The molecule has 3 atom stereocenters. The lowest BCUT2D eigenvalue weighted by Gasteiger charge is -2.54. The van der Waals surface area contributed by atoms with Crippen molar-refractivity contribution in [2.24, 2.45) is 5.92 Å². The Balaban J connectivity index is 1.92. The van der Waals surface area contributed by atoms with Crippen LogP contribution in [-0.2, 0) is 9.53 Å². The average Bonchev–Trinajstić information content (AvgIpc) is 2.68. The van der Waals surface area contributed by atoms with Crippen LogP contribution in [0.4, 0.5) is 10.5 Å². The number of hydrogen-bond donors (Lipinski definition) is 1. The zero-order chi connectivity index (χ0) is 19.9. The number of carbonyl (C=O) groups excluding carboxylic acids is 2. The number of nitrogens with one attached hydrogen (secondary N) is 1. The van der Waals surface area contributed by atoms with E-state index in [1.807, 2.05) is 30.3 Å². The summed E-state index contributed by atoms with van der Waals surface area (Å²) < 4.78 is 17.2. The molecule has 2 aromatic carbocycles. The highest BCUT2D eigenvalue weighted by Gasteiger charge is 2.61. The van der Waals surface area contributed by atoms with Gasteiger partial charge in [0.15, 0.2) is 11.5 Å². The molecule has 2 heterocycles. The minimum absolute atomic E-state index is 0.238. The second-order valence-corrected chi connectivity index (χ2v) is 6.86. The van der Waals surface area contributed by atoms with E-state index in [1.54, 1.807) is 39.2 Å². The lowest BCUT2D eigenvalue weighted by atomic mass is 9.79. The van der Waals surface area contributed by atoms with Crippen molar-refractivity contribution in [3.05, 3.63) is 54.1 Å². The molecule has 0 radical (unpaired) electrons. The Labute approximate surface area is 163 Å². The van der Waals surface area contributed by atoms with Gasteiger partial charge in [-0.3, -0.25) is 9.69 Å². The smallest absolute Gasteiger partial charge is 0.325 e. The zero-order valence-electron chi connectivity index (χ0n) is 16.0. The molecule has 7 heteroatoms. The summed E-state index contributed by atoms with van der Waals surface area (Å²) in [5.74, 6) is -0.131. The lowest BCUT2D eigenvalue weighted by Crippen LogP contribution is -2.71. The molecule has 0 spiro atoms. The summed E-state index contributed by atoms with van der Waals surface area (Å²) in [5.41, 5.74) is 0.0203. The summed E-state index contributed by atoms with van der Waals surface area (Å²) >= 11 is 0. The Morgan fingerprint density at radius 1 is 1.21 bits per heavy atom. The number of rotatable bonds is 4. The fourth-order valence-electron chi connectivity index (χ4n) is 4.09. The first-order valence-corrected chi connectivity index (χ1v) is 9.19. The van der Waals surface area contributed by atoms with Crippen molar-refractivity contribution >= 4 is 17.7 Å². The third-order valence-electron chi connectivity index (χ3n) is 5.26. The van der Waals surface area contributed by atoms with Crippen molar-refractivity contribution in [2.45, 2.75) is 25.6 Å². The van der Waals surface area contributed by atoms with Gasteiger partial charge in [0.1, 0.15) is 5.92 Å². The first-order valence-electron chi connectivity index (χ1n) is 9.19. The molecule has 0 unspecified atom stereocenters. The number of hydrogen-bond acceptors (Lipinski definition) is 5. The van der Waals surface area contributed by atoms with E-state index < -0.39 is 23.7 Å². The van der Waals surface area contributed by atoms with Gasteiger partial charge < -0.3 is 19.5 Å². The molecule has 1 fully saturated rings. The number of carbonyl (C=O) groups is 2. The van der Waals surface area contributed by atoms with E-state index in [1.165, 1.54) is 4.90 Å². The van der Waals surface area contributed by atoms with Crippen LogP contribution in [0.15, 0.2) is 48.5 Å². The summed E-state index contributed by atoms with van der Waals surface area (Å²) in [5, 5.41) is 2.97. The topological polar surface area (TPSA) is 77.1 Å². The maximum absolute atomic E-state index is 13.1. The van der Waals surface area contributed by atoms with Crippen LogP contribution < -0.4 is 19.7 Å². The summed E-state index contributed by atoms with van der Waals surface area (Å²) in [6, 6.07) is 13.6. The van der Waals surface area contributed by atoms with Gasteiger partial charge in [-0.15, -0.1) is 0 Å². The SMILES string of the molecule is CCOC(=O)[C@@H]1[C@@H]2NC(=O)N(c3ccccc3)[C@@]1(C)Oc1c(OC)cccc12. The predicted molar refractivity (Wildman–Crippen MR) is 102 cm³/mol. The van der Waals surface area contributed by atoms with E-state index in [-0.39, 0.29) is 12.6 Å². The Bertz CT molecular complexity index is 916. The molecule has 2 aromatic rings. The van der Waals surface area contributed by atoms with Gasteiger partial charge in [-0.1, -0.05) is 30.3 Å². The van der Waals surface area contributed by atoms with Gasteiger partial charge in [-0.2, -0.15) is 0 Å². The van der Waals surface area contributed by atoms with Crippen LogP contribution in [0.2, 0.25) is 0 Å². The van der Waals surface area contributed by atoms with Crippen molar-refractivity contribution in [1.82, 2.24) is 5.32 Å². The first kappa shape index (κ1) is 18.2. The van der Waals surface area contributed by atoms with E-state index >= 15 is 0 Å². The molecular weight excluding hydrogens is 360 g/mol. The number of fused-ring (bicyclic) bond motifs is 4. The van der Waals surface area contributed by atoms with E-state index in [9.17, 15) is 9.59 Å². The van der Waals surface area contributed by atoms with Crippen LogP contribution in [0.1, 0.15) is 25.5 Å². The Hall–Kier alpha value is -3.22. The fraction of sp³-hybridized carbons (Fsp3) is 0.333. The van der Waals surface area contributed by atoms with Gasteiger partial charge in [0.05, 0.1) is 19.8 Å². The summed E-state index contributed by atoms with van der Waals surface area (Å²) in [4.78, 5) is 27.5. The average molecular weight is 382 g/mol. The number of urea groups is 1. The first-order chi connectivity index (χ1) is 13.5. The number of methoxy groups -OCH3 is 1. The quantitative estimate of drug-likeness (QED) is 0.822. The predicted octanol–water partition coefficient (Wildman–Crippen LogP) is 3.25. The maximum Gasteiger partial charge on any atom is 0.325 e. The van der Waals surface area contributed by atoms with Crippen molar-refractivity contribution in [3.8, 4) is 11.5 Å². The van der Waals surface area contributed by atoms with Gasteiger partial charge in [-0.25, -0.2) is 4.79 Å². The molecular formula is C21H22N2O5. The van der Waals surface area contributed by atoms with Crippen molar-refractivity contribution < 1.29 is 23.8 Å². The van der Waals surface area contributed by atoms with Crippen molar-refractivity contribution in [2.75, 3.05) is 18.6 Å². The third-order valence-corrected chi connectivity index (χ3v) is 5.26. The van der Waals surface area contributed by atoms with Crippen molar-refractivity contribution in [3.63, 3.8) is 0 Å². The van der Waals surface area contributed by atoms with Gasteiger partial charge in [0.25, 0.3) is 0 Å². The van der Waals surface area contributed by atoms with Crippen LogP contribution in [0.25, 0.3) is 0 Å². The number of anilines is 1. The molecule has 146 valence electrons. The highest BCUT2D eigenvalue weighted by atomic mass is 16.6. The molecule has 1 N–H and O–H groups in total. The summed E-state index contributed by atoms with van der Waals surface area (Å²) in [6.07, 6.45) is 0. The summed E-state index contributed by atoms with van der Waals surface area (Å²) in [6.45, 7) is 3.73. The maximum atomic E-state index is 13.1. The van der Waals surface area contributed by atoms with Crippen LogP contribution in [0, 0.1) is 5.92 Å². The molecule has 2 aliphatic rings. The minimum atomic E-state index is -1.29. The number of para-hydroxylation sites is 2. The second-order valence-electron chi connectivity index (χ2n) is 6.86. The molecule has 2 aliphatic heterocycles. The normalized spacial score (nSPS) is 25.2. The van der Waals surface area contributed by atoms with Gasteiger partial charge in [-0.05, 0) is 32.0 Å². The van der Waals surface area contributed by atoms with Gasteiger partial charge >= 0.3 is 12.0 Å². The highest BCUT2D eigenvalue weighted by Crippen LogP contribution is 2.52. The Morgan fingerprint density at radius 2 is 1.96 bits per heavy atom. The van der Waals surface area contributed by atoms with Crippen LogP contribution in [0.3, 0.4) is 0 Å². The van der Waals surface area contributed by atoms with E-state index in [2.05, 4.69) is 5.32 Å². The standard InChI is InChI=1S/C21H22N2O5/c1-4-27-19(24)16-17-14-11-8-12-15(26-3)18(14)28-21(16,2)23(20(25)22-17)13-9-6-5-7-10-13/h5-12,16-17H,4H2,1-3H3,(H,22,25)/t16-,17+,21-/m0/s1. The number of esters is 1. The molecule has 2 amide bonds. The van der Waals surface area contributed by atoms with Crippen LogP contribution >= 0.6 is 0 Å². The van der Waals surface area contributed by atoms with Gasteiger partial charge in [0.2, 0.25) is 5.72 Å². The van der Waals surface area contributed by atoms with E-state index in [0.717, 1.165) is 0 Å². The molecule has 0 aliphatic carbocycles. The monoisotopic (exact) mass is 382 g/mol. The molecule has 0 aromatic heterocycles. The van der Waals surface area contributed by atoms with Crippen LogP contribution in [-0.4, -0.2) is 31.4 Å². The molecule has 0 saturated carbocycles. The minimum Gasteiger partial charge on any atom is -0.493 e. The lowest BCUT2D eigenvalue weighted by molar-refractivity contribution is -0.160. The van der Waals surface area contributed by atoms with Crippen molar-refractivity contribution in [1.29, 1.82) is 0 Å². The second kappa shape index (κ2) is 6.74. The number of ether oxygens (including phenoxy) is 3. The largest absolute Gasteiger partial charge is 0.493 e.